The van der Waals surface area contributed by atoms with E-state index in [0.29, 0.717) is 12.0 Å². The summed E-state index contributed by atoms with van der Waals surface area (Å²) in [6.07, 6.45) is 0.450. The van der Waals surface area contributed by atoms with Gasteiger partial charge in [0.05, 0.1) is 6.61 Å². The summed E-state index contributed by atoms with van der Waals surface area (Å²) in [5.74, 6) is 0. The van der Waals surface area contributed by atoms with Gasteiger partial charge in [-0.15, -0.1) is 0 Å². The van der Waals surface area contributed by atoms with Crippen LogP contribution in [0.4, 0.5) is 0 Å². The minimum atomic E-state index is -1.82. The summed E-state index contributed by atoms with van der Waals surface area (Å²) in [5, 5.41) is 10.4. The molecular formula is C10H8Cl5O. The second kappa shape index (κ2) is 5.51. The zero-order valence-corrected chi connectivity index (χ0v) is 11.8. The summed E-state index contributed by atoms with van der Waals surface area (Å²) >= 11 is 29.0. The Morgan fingerprint density at radius 1 is 0.938 bits per heavy atom. The van der Waals surface area contributed by atoms with Gasteiger partial charge in [-0.3, -0.25) is 0 Å². The molecule has 89 valence electrons. The molecule has 1 aromatic carbocycles. The average Bonchev–Trinajstić information content (AvgIpc) is 2.17. The van der Waals surface area contributed by atoms with Gasteiger partial charge in [0, 0.05) is 0 Å². The minimum Gasteiger partial charge on any atom is -0.236 e. The summed E-state index contributed by atoms with van der Waals surface area (Å²) in [5.41, 5.74) is 1.37. The highest BCUT2D eigenvalue weighted by Gasteiger charge is 2.47. The van der Waals surface area contributed by atoms with E-state index >= 15 is 0 Å². The second-order valence-electron chi connectivity index (χ2n) is 3.22. The lowest BCUT2D eigenvalue weighted by atomic mass is 10.1. The summed E-state index contributed by atoms with van der Waals surface area (Å²) in [4.78, 5) is 0. The normalized spacial score (nSPS) is 12.9. The molecule has 16 heavy (non-hydrogen) atoms. The van der Waals surface area contributed by atoms with Crippen LogP contribution in [0.5, 0.6) is 0 Å². The second-order valence-corrected chi connectivity index (χ2v) is 6.83. The molecular weight excluding hydrogens is 313 g/mol. The smallest absolute Gasteiger partial charge is 0.227 e. The van der Waals surface area contributed by atoms with E-state index < -0.39 is 8.13 Å². The highest BCUT2D eigenvalue weighted by Crippen LogP contribution is 2.52. The molecule has 0 saturated carbocycles. The van der Waals surface area contributed by atoms with Gasteiger partial charge in [0.2, 0.25) is 3.79 Å². The first-order valence-corrected chi connectivity index (χ1v) is 6.30. The first-order valence-electron chi connectivity index (χ1n) is 4.41. The molecule has 0 bridgehead atoms. The van der Waals surface area contributed by atoms with Gasteiger partial charge in [-0.25, -0.2) is 5.11 Å². The molecule has 1 nitrogen and oxygen atoms in total. The maximum atomic E-state index is 10.4. The van der Waals surface area contributed by atoms with Gasteiger partial charge in [-0.05, 0) is 17.5 Å². The Hall–Kier alpha value is 0.630. The number of benzene rings is 1. The Kier molecular flexibility index (Phi) is 5.06. The molecule has 0 spiro atoms. The molecule has 1 rings (SSSR count). The van der Waals surface area contributed by atoms with Crippen LogP contribution in [-0.4, -0.2) is 10.4 Å². The Bertz CT molecular complexity index is 341. The van der Waals surface area contributed by atoms with E-state index in [9.17, 15) is 5.11 Å². The van der Waals surface area contributed by atoms with Crippen LogP contribution in [0.3, 0.4) is 0 Å². The minimum absolute atomic E-state index is 0.170. The molecule has 0 saturated heterocycles. The van der Waals surface area contributed by atoms with Gasteiger partial charge in [-0.2, -0.15) is 0 Å². The maximum Gasteiger partial charge on any atom is 0.227 e. The van der Waals surface area contributed by atoms with Crippen molar-refractivity contribution in [2.45, 2.75) is 14.5 Å². The average molecular weight is 321 g/mol. The van der Waals surface area contributed by atoms with E-state index in [0.717, 1.165) is 5.56 Å². The van der Waals surface area contributed by atoms with E-state index in [1.54, 1.807) is 24.3 Å². The molecule has 0 unspecified atom stereocenters. The molecule has 0 fully saturated rings. The van der Waals surface area contributed by atoms with Crippen LogP contribution < -0.4 is 0 Å². The Labute approximate surface area is 119 Å². The summed E-state index contributed by atoms with van der Waals surface area (Å²) in [6.45, 7) is -0.170. The van der Waals surface area contributed by atoms with Crippen molar-refractivity contribution in [2.24, 2.45) is 0 Å². The van der Waals surface area contributed by atoms with Crippen LogP contribution in [-0.2, 0) is 15.9 Å². The maximum absolute atomic E-state index is 10.4. The molecule has 6 heteroatoms. The molecule has 0 aliphatic heterocycles. The van der Waals surface area contributed by atoms with Crippen molar-refractivity contribution < 1.29 is 5.11 Å². The van der Waals surface area contributed by atoms with Crippen molar-refractivity contribution >= 4 is 58.0 Å². The molecule has 0 heterocycles. The SMILES string of the molecule is [O]CCc1ccc(C(Cl)(Cl)C(Cl)(Cl)Cl)cc1. The fourth-order valence-corrected chi connectivity index (χ4v) is 1.74. The third kappa shape index (κ3) is 3.32. The predicted octanol–water partition coefficient (Wildman–Crippen LogP) is 4.66. The highest BCUT2D eigenvalue weighted by molar-refractivity contribution is 6.75. The fourth-order valence-electron chi connectivity index (χ4n) is 1.16. The first kappa shape index (κ1) is 14.7. The predicted molar refractivity (Wildman–Crippen MR) is 69.4 cm³/mol. The van der Waals surface area contributed by atoms with Crippen molar-refractivity contribution in [3.05, 3.63) is 35.4 Å². The topological polar surface area (TPSA) is 19.9 Å². The molecule has 0 aromatic heterocycles. The van der Waals surface area contributed by atoms with E-state index in [4.69, 9.17) is 58.0 Å². The molecule has 0 N–H and O–H groups in total. The lowest BCUT2D eigenvalue weighted by Crippen LogP contribution is -2.28. The molecule has 0 amide bonds. The van der Waals surface area contributed by atoms with E-state index in [2.05, 4.69) is 0 Å². The Balaban J connectivity index is 2.97. The summed E-state index contributed by atoms with van der Waals surface area (Å²) in [6, 6.07) is 6.77. The first-order chi connectivity index (χ1) is 7.29. The number of hydrogen-bond acceptors (Lipinski definition) is 0. The monoisotopic (exact) mass is 319 g/mol. The van der Waals surface area contributed by atoms with Crippen molar-refractivity contribution in [3.8, 4) is 0 Å². The Morgan fingerprint density at radius 3 is 1.81 bits per heavy atom. The van der Waals surface area contributed by atoms with Crippen LogP contribution in [0.2, 0.25) is 0 Å². The fraction of sp³-hybridized carbons (Fsp3) is 0.400. The van der Waals surface area contributed by atoms with Crippen molar-refractivity contribution in [1.29, 1.82) is 0 Å². The van der Waals surface area contributed by atoms with E-state index in [-0.39, 0.29) is 6.61 Å². The van der Waals surface area contributed by atoms with Gasteiger partial charge in [0.15, 0.2) is 4.33 Å². The van der Waals surface area contributed by atoms with Crippen molar-refractivity contribution in [1.82, 2.24) is 0 Å². The third-order valence-electron chi connectivity index (χ3n) is 2.06. The van der Waals surface area contributed by atoms with Crippen LogP contribution in [0, 0.1) is 0 Å². The lowest BCUT2D eigenvalue weighted by molar-refractivity contribution is 0.197. The van der Waals surface area contributed by atoms with Crippen LogP contribution >= 0.6 is 58.0 Å². The van der Waals surface area contributed by atoms with Crippen LogP contribution in [0.25, 0.3) is 0 Å². The molecule has 1 aromatic rings. The van der Waals surface area contributed by atoms with Crippen LogP contribution in [0.1, 0.15) is 11.1 Å². The van der Waals surface area contributed by atoms with E-state index in [1.165, 1.54) is 0 Å². The number of halogens is 5. The number of hydrogen-bond donors (Lipinski definition) is 0. The number of rotatable bonds is 3. The van der Waals surface area contributed by atoms with Crippen LogP contribution in [0.15, 0.2) is 24.3 Å². The Morgan fingerprint density at radius 2 is 1.44 bits per heavy atom. The van der Waals surface area contributed by atoms with Gasteiger partial charge in [0.25, 0.3) is 0 Å². The molecule has 0 aliphatic rings. The van der Waals surface area contributed by atoms with Gasteiger partial charge >= 0.3 is 0 Å². The molecule has 1 radical (unpaired) electrons. The highest BCUT2D eigenvalue weighted by atomic mass is 35.6. The summed E-state index contributed by atoms with van der Waals surface area (Å²) < 4.78 is -3.44. The zero-order valence-electron chi connectivity index (χ0n) is 8.02. The quantitative estimate of drug-likeness (QED) is 0.722. The van der Waals surface area contributed by atoms with Gasteiger partial charge in [0.1, 0.15) is 0 Å². The molecule has 0 atom stereocenters. The summed E-state index contributed by atoms with van der Waals surface area (Å²) in [7, 11) is 0. The van der Waals surface area contributed by atoms with Crippen molar-refractivity contribution in [2.75, 3.05) is 6.61 Å². The zero-order chi connectivity index (χ0) is 12.4. The van der Waals surface area contributed by atoms with E-state index in [1.807, 2.05) is 0 Å². The number of alkyl halides is 5. The molecule has 0 aliphatic carbocycles. The van der Waals surface area contributed by atoms with Crippen molar-refractivity contribution in [3.63, 3.8) is 0 Å². The largest absolute Gasteiger partial charge is 0.236 e. The third-order valence-corrected chi connectivity index (χ3v) is 4.50. The van der Waals surface area contributed by atoms with Gasteiger partial charge < -0.3 is 0 Å². The standard InChI is InChI=1S/C10H8Cl5O/c11-9(12,10(13,14)15)8-3-1-7(2-4-8)5-6-16/h1-4H,5-6H2. The van der Waals surface area contributed by atoms with Gasteiger partial charge in [-0.1, -0.05) is 82.3 Å². The lowest BCUT2D eigenvalue weighted by Gasteiger charge is -2.27.